The van der Waals surface area contributed by atoms with Crippen molar-refractivity contribution in [3.8, 4) is 5.75 Å². The van der Waals surface area contributed by atoms with E-state index in [1.54, 1.807) is 66.7 Å². The second-order valence-electron chi connectivity index (χ2n) is 10.7. The highest BCUT2D eigenvalue weighted by molar-refractivity contribution is 5.87. The molecule has 1 heterocycles. The monoisotopic (exact) mass is 565 g/mol. The number of rotatable bonds is 11. The molecule has 0 aliphatic carbocycles. The molecule has 5 rings (SSSR count). The number of aromatic carboxylic acids is 1. The standard InChI is InChI=1S/C35H35NO6/c37-33(38)29-12-7-11-28(21-29)25-41-32-16-8-15-31(22-32)35(40,30-13-5-2-6-14-30)34(39)42-24-27-17-19-36(20-18-27)23-26-9-3-1-4-10-26/h1-16,21-22,27,40H,17-20,23-25H2,(H,37,38). The highest BCUT2D eigenvalue weighted by atomic mass is 16.5. The van der Waals surface area contributed by atoms with Gasteiger partial charge in [0.15, 0.2) is 0 Å². The molecule has 42 heavy (non-hydrogen) atoms. The van der Waals surface area contributed by atoms with E-state index in [1.807, 2.05) is 12.1 Å². The minimum absolute atomic E-state index is 0.127. The summed E-state index contributed by atoms with van der Waals surface area (Å²) in [6.07, 6.45) is 1.83. The van der Waals surface area contributed by atoms with Crippen molar-refractivity contribution in [2.75, 3.05) is 19.7 Å². The zero-order valence-corrected chi connectivity index (χ0v) is 23.4. The molecule has 1 aliphatic rings. The third-order valence-electron chi connectivity index (χ3n) is 7.72. The van der Waals surface area contributed by atoms with E-state index in [9.17, 15) is 19.8 Å². The Hall–Kier alpha value is -4.46. The first-order valence-corrected chi connectivity index (χ1v) is 14.2. The van der Waals surface area contributed by atoms with E-state index in [0.717, 1.165) is 32.5 Å². The van der Waals surface area contributed by atoms with Crippen molar-refractivity contribution < 1.29 is 29.3 Å². The summed E-state index contributed by atoms with van der Waals surface area (Å²) in [6, 6.07) is 32.4. The fourth-order valence-electron chi connectivity index (χ4n) is 5.30. The Morgan fingerprint density at radius 2 is 1.43 bits per heavy atom. The summed E-state index contributed by atoms with van der Waals surface area (Å²) in [5, 5.41) is 21.2. The van der Waals surface area contributed by atoms with Crippen molar-refractivity contribution in [1.82, 2.24) is 4.90 Å². The third-order valence-corrected chi connectivity index (χ3v) is 7.72. The lowest BCUT2D eigenvalue weighted by atomic mass is 9.86. The lowest BCUT2D eigenvalue weighted by molar-refractivity contribution is -0.164. The van der Waals surface area contributed by atoms with Gasteiger partial charge in [0.2, 0.25) is 5.60 Å². The molecule has 2 N–H and O–H groups in total. The molecule has 1 fully saturated rings. The van der Waals surface area contributed by atoms with Crippen molar-refractivity contribution in [1.29, 1.82) is 0 Å². The van der Waals surface area contributed by atoms with Crippen LogP contribution in [0.3, 0.4) is 0 Å². The normalized spacial score (nSPS) is 15.5. The third kappa shape index (κ3) is 7.05. The largest absolute Gasteiger partial charge is 0.489 e. The molecule has 1 aliphatic heterocycles. The van der Waals surface area contributed by atoms with Gasteiger partial charge in [0.25, 0.3) is 0 Å². The van der Waals surface area contributed by atoms with E-state index < -0.39 is 17.5 Å². The molecule has 7 nitrogen and oxygen atoms in total. The zero-order chi connectivity index (χ0) is 29.4. The van der Waals surface area contributed by atoms with Crippen LogP contribution >= 0.6 is 0 Å². The molecular formula is C35H35NO6. The van der Waals surface area contributed by atoms with E-state index in [1.165, 1.54) is 11.6 Å². The van der Waals surface area contributed by atoms with Crippen LogP contribution in [0.1, 0.15) is 45.5 Å². The number of aliphatic hydroxyl groups is 1. The van der Waals surface area contributed by atoms with E-state index in [4.69, 9.17) is 9.47 Å². The summed E-state index contributed by atoms with van der Waals surface area (Å²) in [4.78, 5) is 27.3. The van der Waals surface area contributed by atoms with Crippen molar-refractivity contribution in [2.24, 2.45) is 5.92 Å². The first kappa shape index (κ1) is 29.0. The summed E-state index contributed by atoms with van der Waals surface area (Å²) < 4.78 is 11.7. The fourth-order valence-corrected chi connectivity index (χ4v) is 5.30. The predicted octanol–water partition coefficient (Wildman–Crippen LogP) is 5.66. The molecule has 4 aromatic carbocycles. The van der Waals surface area contributed by atoms with Crippen LogP contribution in [0.2, 0.25) is 0 Å². The first-order valence-electron chi connectivity index (χ1n) is 14.2. The summed E-state index contributed by atoms with van der Waals surface area (Å²) >= 11 is 0. The highest BCUT2D eigenvalue weighted by Crippen LogP contribution is 2.34. The number of carbonyl (C=O) groups is 2. The number of carboxylic acids is 1. The van der Waals surface area contributed by atoms with Crippen LogP contribution in [0.25, 0.3) is 0 Å². The predicted molar refractivity (Wildman–Crippen MR) is 159 cm³/mol. The van der Waals surface area contributed by atoms with Crippen LogP contribution in [-0.4, -0.2) is 46.7 Å². The van der Waals surface area contributed by atoms with Gasteiger partial charge in [0.1, 0.15) is 12.4 Å². The Morgan fingerprint density at radius 1 is 0.786 bits per heavy atom. The molecule has 0 aromatic heterocycles. The van der Waals surface area contributed by atoms with Gasteiger partial charge >= 0.3 is 11.9 Å². The maximum Gasteiger partial charge on any atom is 0.347 e. The molecule has 216 valence electrons. The SMILES string of the molecule is O=C(O)c1cccc(COc2cccc(C(O)(C(=O)OCC3CCN(Cc4ccccc4)CC3)c3ccccc3)c2)c1. The number of nitrogens with zero attached hydrogens (tertiary/aromatic N) is 1. The zero-order valence-electron chi connectivity index (χ0n) is 23.4. The molecule has 1 atom stereocenters. The van der Waals surface area contributed by atoms with Gasteiger partial charge in [0, 0.05) is 12.1 Å². The molecule has 1 unspecified atom stereocenters. The van der Waals surface area contributed by atoms with E-state index in [0.29, 0.717) is 22.4 Å². The Bertz CT molecular complexity index is 1480. The van der Waals surface area contributed by atoms with Gasteiger partial charge in [-0.25, -0.2) is 9.59 Å². The Morgan fingerprint density at radius 3 is 2.14 bits per heavy atom. The number of hydrogen-bond acceptors (Lipinski definition) is 6. The Balaban J connectivity index is 1.25. The topological polar surface area (TPSA) is 96.3 Å². The van der Waals surface area contributed by atoms with Gasteiger partial charge in [0.05, 0.1) is 12.2 Å². The fraction of sp³-hybridized carbons (Fsp3) is 0.257. The average Bonchev–Trinajstić information content (AvgIpc) is 3.04. The second kappa shape index (κ2) is 13.5. The molecule has 0 radical (unpaired) electrons. The molecule has 7 heteroatoms. The molecule has 0 saturated carbocycles. The summed E-state index contributed by atoms with van der Waals surface area (Å²) in [5.41, 5.74) is 0.848. The number of hydrogen-bond donors (Lipinski definition) is 2. The molecule has 0 amide bonds. The summed E-state index contributed by atoms with van der Waals surface area (Å²) in [6.45, 7) is 3.12. The van der Waals surface area contributed by atoms with Gasteiger partial charge in [-0.2, -0.15) is 0 Å². The summed E-state index contributed by atoms with van der Waals surface area (Å²) in [5.74, 6) is -1.09. The maximum absolute atomic E-state index is 13.6. The van der Waals surface area contributed by atoms with Crippen molar-refractivity contribution in [3.63, 3.8) is 0 Å². The van der Waals surface area contributed by atoms with Gasteiger partial charge < -0.3 is 19.7 Å². The van der Waals surface area contributed by atoms with Gasteiger partial charge in [-0.15, -0.1) is 0 Å². The quantitative estimate of drug-likeness (QED) is 0.227. The second-order valence-corrected chi connectivity index (χ2v) is 10.7. The van der Waals surface area contributed by atoms with E-state index in [-0.39, 0.29) is 24.7 Å². The van der Waals surface area contributed by atoms with Crippen molar-refractivity contribution in [2.45, 2.75) is 31.6 Å². The molecule has 1 saturated heterocycles. The smallest absolute Gasteiger partial charge is 0.347 e. The first-order chi connectivity index (χ1) is 20.4. The summed E-state index contributed by atoms with van der Waals surface area (Å²) in [7, 11) is 0. The number of esters is 1. The van der Waals surface area contributed by atoms with E-state index >= 15 is 0 Å². The molecule has 0 spiro atoms. The van der Waals surface area contributed by atoms with Gasteiger partial charge in [-0.1, -0.05) is 84.9 Å². The molecule has 0 bridgehead atoms. The number of piperidine rings is 1. The van der Waals surface area contributed by atoms with Crippen LogP contribution in [-0.2, 0) is 28.3 Å². The van der Waals surface area contributed by atoms with Crippen LogP contribution in [0.15, 0.2) is 109 Å². The number of carbonyl (C=O) groups excluding carboxylic acids is 1. The van der Waals surface area contributed by atoms with Crippen LogP contribution in [0.4, 0.5) is 0 Å². The number of ether oxygens (including phenoxy) is 2. The van der Waals surface area contributed by atoms with Crippen LogP contribution in [0.5, 0.6) is 5.75 Å². The lowest BCUT2D eigenvalue weighted by Crippen LogP contribution is -2.40. The van der Waals surface area contributed by atoms with Crippen LogP contribution in [0, 0.1) is 5.92 Å². The van der Waals surface area contributed by atoms with Crippen molar-refractivity contribution >= 4 is 11.9 Å². The Labute approximate surface area is 246 Å². The van der Waals surface area contributed by atoms with E-state index in [2.05, 4.69) is 29.2 Å². The average molecular weight is 566 g/mol. The minimum atomic E-state index is -2.03. The van der Waals surface area contributed by atoms with Gasteiger partial charge in [-0.05, 0) is 72.8 Å². The number of likely N-dealkylation sites (tertiary alicyclic amines) is 1. The molecular weight excluding hydrogens is 530 g/mol. The Kier molecular flexibility index (Phi) is 9.31. The maximum atomic E-state index is 13.6. The number of benzene rings is 4. The van der Waals surface area contributed by atoms with Crippen LogP contribution < -0.4 is 4.74 Å². The number of carboxylic acid groups (broad SMARTS) is 1. The minimum Gasteiger partial charge on any atom is -0.489 e. The van der Waals surface area contributed by atoms with Crippen molar-refractivity contribution in [3.05, 3.63) is 137 Å². The lowest BCUT2D eigenvalue weighted by Gasteiger charge is -2.33. The highest BCUT2D eigenvalue weighted by Gasteiger charge is 2.42. The van der Waals surface area contributed by atoms with Gasteiger partial charge in [-0.3, -0.25) is 4.90 Å². The molecule has 4 aromatic rings.